The molecule has 3 rings (SSSR count). The molecular formula is C20H15ClFN3O3. The molecule has 1 amide bonds. The molecule has 3 N–H and O–H groups in total. The van der Waals surface area contributed by atoms with Gasteiger partial charge in [-0.1, -0.05) is 29.8 Å². The number of pyridine rings is 1. The van der Waals surface area contributed by atoms with Crippen molar-refractivity contribution in [3.8, 4) is 23.1 Å². The summed E-state index contributed by atoms with van der Waals surface area (Å²) in [5.41, 5.74) is 5.47. The molecule has 0 saturated heterocycles. The molecule has 1 heterocycles. The Morgan fingerprint density at radius 1 is 1.07 bits per heavy atom. The highest BCUT2D eigenvalue weighted by atomic mass is 35.5. The van der Waals surface area contributed by atoms with Crippen LogP contribution in [-0.2, 0) is 4.79 Å². The van der Waals surface area contributed by atoms with Crippen molar-refractivity contribution in [2.75, 3.05) is 0 Å². The summed E-state index contributed by atoms with van der Waals surface area (Å²) < 4.78 is 26.0. The highest BCUT2D eigenvalue weighted by Gasteiger charge is 2.19. The number of carbonyl (C=O) groups is 1. The minimum absolute atomic E-state index is 0.0637. The molecule has 0 bridgehead atoms. The largest absolute Gasteiger partial charge is 0.454 e. The van der Waals surface area contributed by atoms with Gasteiger partial charge in [-0.3, -0.25) is 10.2 Å². The zero-order valence-electron chi connectivity index (χ0n) is 14.7. The number of halogens is 2. The second kappa shape index (κ2) is 8.06. The maximum atomic E-state index is 14.9. The van der Waals surface area contributed by atoms with E-state index in [0.717, 1.165) is 0 Å². The first kappa shape index (κ1) is 19.3. The summed E-state index contributed by atoms with van der Waals surface area (Å²) in [7, 11) is 0. The lowest BCUT2D eigenvalue weighted by atomic mass is 10.1. The number of hydrogen-bond donors (Lipinski definition) is 2. The molecule has 8 heteroatoms. The third kappa shape index (κ3) is 3.94. The van der Waals surface area contributed by atoms with Crippen molar-refractivity contribution in [3.05, 3.63) is 76.7 Å². The van der Waals surface area contributed by atoms with Crippen molar-refractivity contribution in [1.82, 2.24) is 4.98 Å². The number of amides is 1. The van der Waals surface area contributed by atoms with E-state index in [0.29, 0.717) is 16.3 Å². The molecule has 0 aliphatic carbocycles. The Kier molecular flexibility index (Phi) is 5.56. The normalized spacial score (nSPS) is 10.4. The lowest BCUT2D eigenvalue weighted by Crippen LogP contribution is -2.23. The van der Waals surface area contributed by atoms with Crippen LogP contribution in [0.3, 0.4) is 0 Å². The quantitative estimate of drug-likeness (QED) is 0.591. The van der Waals surface area contributed by atoms with Gasteiger partial charge in [0.25, 0.3) is 11.8 Å². The molecule has 28 heavy (non-hydrogen) atoms. The van der Waals surface area contributed by atoms with Crippen LogP contribution in [-0.4, -0.2) is 16.6 Å². The number of hydrogen-bond acceptors (Lipinski definition) is 5. The molecule has 0 atom stereocenters. The molecule has 0 radical (unpaired) electrons. The summed E-state index contributed by atoms with van der Waals surface area (Å²) in [5.74, 6) is -1.81. The summed E-state index contributed by atoms with van der Waals surface area (Å²) in [5, 5.41) is 8.26. The van der Waals surface area contributed by atoms with E-state index in [1.807, 2.05) is 0 Å². The number of carbonyl (C=O) groups excluding carboxylic acids is 1. The Morgan fingerprint density at radius 2 is 1.79 bits per heavy atom. The van der Waals surface area contributed by atoms with Gasteiger partial charge in [0.1, 0.15) is 17.2 Å². The monoisotopic (exact) mass is 399 g/mol. The van der Waals surface area contributed by atoms with Crippen molar-refractivity contribution >= 4 is 23.2 Å². The van der Waals surface area contributed by atoms with E-state index in [9.17, 15) is 9.18 Å². The highest BCUT2D eigenvalue weighted by Crippen LogP contribution is 2.34. The first-order valence-corrected chi connectivity index (χ1v) is 8.49. The highest BCUT2D eigenvalue weighted by molar-refractivity contribution is 6.44. The zero-order valence-corrected chi connectivity index (χ0v) is 15.5. The van der Waals surface area contributed by atoms with Crippen molar-refractivity contribution < 1.29 is 18.7 Å². The van der Waals surface area contributed by atoms with Gasteiger partial charge in [0, 0.05) is 28.4 Å². The lowest BCUT2D eigenvalue weighted by Gasteiger charge is -2.13. The molecule has 1 aromatic heterocycles. The van der Waals surface area contributed by atoms with Gasteiger partial charge in [-0.05, 0) is 31.2 Å². The average molecular weight is 400 g/mol. The van der Waals surface area contributed by atoms with Crippen LogP contribution in [0.1, 0.15) is 11.1 Å². The van der Waals surface area contributed by atoms with Gasteiger partial charge in [-0.25, -0.2) is 4.98 Å². The zero-order chi connectivity index (χ0) is 20.3. The Hall–Kier alpha value is -3.45. The van der Waals surface area contributed by atoms with Gasteiger partial charge in [0.15, 0.2) is 5.75 Å². The first-order chi connectivity index (χ1) is 13.4. The molecule has 3 aromatic rings. The molecular weight excluding hydrogens is 385 g/mol. The van der Waals surface area contributed by atoms with E-state index in [-0.39, 0.29) is 22.9 Å². The van der Waals surface area contributed by atoms with Crippen LogP contribution in [0.15, 0.2) is 54.7 Å². The summed E-state index contributed by atoms with van der Waals surface area (Å²) in [4.78, 5) is 15.2. The maximum absolute atomic E-state index is 14.9. The predicted molar refractivity (Wildman–Crippen MR) is 103 cm³/mol. The number of rotatable bonds is 6. The van der Waals surface area contributed by atoms with Crippen LogP contribution in [0.2, 0.25) is 5.02 Å². The number of nitrogens with two attached hydrogens (primary N) is 1. The molecule has 0 aliphatic heterocycles. The standard InChI is InChI=1S/C20H15ClFN3O3/c1-11-13(21)6-4-8-14(11)27-16-9-10-25-20(17(16)22)28-15-7-3-2-5-12(15)18(23)19(24)26/h2-10,23H,1H3,(H2,24,26). The fourth-order valence-electron chi connectivity index (χ4n) is 2.37. The molecule has 0 saturated carbocycles. The van der Waals surface area contributed by atoms with Gasteiger partial charge in [0.2, 0.25) is 5.82 Å². The van der Waals surface area contributed by atoms with Crippen LogP contribution >= 0.6 is 11.6 Å². The van der Waals surface area contributed by atoms with E-state index in [4.69, 9.17) is 32.2 Å². The Morgan fingerprint density at radius 3 is 2.54 bits per heavy atom. The van der Waals surface area contributed by atoms with E-state index in [1.165, 1.54) is 24.4 Å². The Labute approximate surface area is 165 Å². The fourth-order valence-corrected chi connectivity index (χ4v) is 2.54. The first-order valence-electron chi connectivity index (χ1n) is 8.11. The number of para-hydroxylation sites is 1. The molecule has 0 spiro atoms. The average Bonchev–Trinajstić information content (AvgIpc) is 2.68. The number of nitrogens with one attached hydrogen (secondary N) is 1. The number of primary amides is 1. The minimum atomic E-state index is -0.932. The molecule has 0 unspecified atom stereocenters. The van der Waals surface area contributed by atoms with E-state index in [2.05, 4.69) is 4.98 Å². The summed E-state index contributed by atoms with van der Waals surface area (Å²) >= 11 is 6.06. The van der Waals surface area contributed by atoms with E-state index < -0.39 is 17.4 Å². The third-order valence-electron chi connectivity index (χ3n) is 3.87. The molecule has 142 valence electrons. The number of nitrogens with zero attached hydrogens (tertiary/aromatic N) is 1. The van der Waals surface area contributed by atoms with Crippen LogP contribution < -0.4 is 15.2 Å². The van der Waals surface area contributed by atoms with E-state index >= 15 is 0 Å². The van der Waals surface area contributed by atoms with Gasteiger partial charge in [-0.2, -0.15) is 4.39 Å². The Bertz CT molecular complexity index is 1070. The molecule has 2 aromatic carbocycles. The summed E-state index contributed by atoms with van der Waals surface area (Å²) in [6.45, 7) is 1.75. The number of benzene rings is 2. The molecule has 0 aliphatic rings. The number of aromatic nitrogens is 1. The van der Waals surface area contributed by atoms with Gasteiger partial charge < -0.3 is 15.2 Å². The summed E-state index contributed by atoms with van der Waals surface area (Å²) in [6.07, 6.45) is 1.32. The van der Waals surface area contributed by atoms with Gasteiger partial charge in [-0.15, -0.1) is 0 Å². The summed E-state index contributed by atoms with van der Waals surface area (Å²) in [6, 6.07) is 12.5. The van der Waals surface area contributed by atoms with Crippen molar-refractivity contribution in [2.45, 2.75) is 6.92 Å². The Balaban J connectivity index is 1.94. The van der Waals surface area contributed by atoms with Crippen molar-refractivity contribution in [3.63, 3.8) is 0 Å². The predicted octanol–water partition coefficient (Wildman–Crippen LogP) is 4.62. The van der Waals surface area contributed by atoms with Crippen LogP contribution in [0.4, 0.5) is 4.39 Å². The van der Waals surface area contributed by atoms with Crippen LogP contribution in [0, 0.1) is 18.2 Å². The van der Waals surface area contributed by atoms with Gasteiger partial charge >= 0.3 is 0 Å². The van der Waals surface area contributed by atoms with E-state index in [1.54, 1.807) is 37.3 Å². The minimum Gasteiger partial charge on any atom is -0.454 e. The molecule has 0 fully saturated rings. The lowest BCUT2D eigenvalue weighted by molar-refractivity contribution is -0.112. The topological polar surface area (TPSA) is 98.3 Å². The third-order valence-corrected chi connectivity index (χ3v) is 4.28. The van der Waals surface area contributed by atoms with Crippen LogP contribution in [0.25, 0.3) is 0 Å². The smallest absolute Gasteiger partial charge is 0.267 e. The number of ether oxygens (including phenoxy) is 2. The van der Waals surface area contributed by atoms with Crippen molar-refractivity contribution in [2.24, 2.45) is 5.73 Å². The SMILES string of the molecule is Cc1c(Cl)cccc1Oc1ccnc(Oc2ccccc2C(=N)C(N)=O)c1F. The van der Waals surface area contributed by atoms with Crippen LogP contribution in [0.5, 0.6) is 23.1 Å². The molecule has 6 nitrogen and oxygen atoms in total. The second-order valence-corrected chi connectivity index (χ2v) is 6.14. The maximum Gasteiger partial charge on any atom is 0.267 e. The fraction of sp³-hybridized carbons (Fsp3) is 0.0500. The second-order valence-electron chi connectivity index (χ2n) is 5.73. The van der Waals surface area contributed by atoms with Gasteiger partial charge in [0.05, 0.1) is 0 Å². The van der Waals surface area contributed by atoms with Crippen molar-refractivity contribution in [1.29, 1.82) is 5.41 Å².